The summed E-state index contributed by atoms with van der Waals surface area (Å²) in [4.78, 5) is 29.8. The number of nitrogens with one attached hydrogen (secondary N) is 2. The summed E-state index contributed by atoms with van der Waals surface area (Å²) in [7, 11) is 1.46. The Labute approximate surface area is 253 Å². The third-order valence-electron chi connectivity index (χ3n) is 7.30. The van der Waals surface area contributed by atoms with E-state index in [2.05, 4.69) is 53.8 Å². The topological polar surface area (TPSA) is 91.4 Å². The Morgan fingerprint density at radius 2 is 2.02 bits per heavy atom. The maximum atomic E-state index is 15.4. The first-order valence-electron chi connectivity index (χ1n) is 14.3. The molecule has 10 heteroatoms. The zero-order valence-electron chi connectivity index (χ0n) is 24.8. The van der Waals surface area contributed by atoms with Gasteiger partial charge in [-0.05, 0) is 70.8 Å². The Hall–Kier alpha value is -3.21. The third kappa shape index (κ3) is 7.79. The van der Waals surface area contributed by atoms with Crippen LogP contribution in [0.3, 0.4) is 0 Å². The summed E-state index contributed by atoms with van der Waals surface area (Å²) < 4.78 is 30.7. The van der Waals surface area contributed by atoms with Crippen LogP contribution in [0.2, 0.25) is 0 Å². The maximum Gasteiger partial charge on any atom is 0.244 e. The Bertz CT molecular complexity index is 1510. The minimum atomic E-state index is -1.76. The summed E-state index contributed by atoms with van der Waals surface area (Å²) in [5.41, 5.74) is 4.24. The highest BCUT2D eigenvalue weighted by atomic mass is 32.2. The van der Waals surface area contributed by atoms with E-state index in [-0.39, 0.29) is 24.4 Å². The van der Waals surface area contributed by atoms with Crippen molar-refractivity contribution in [1.29, 1.82) is 0 Å². The monoisotopic (exact) mass is 610 g/mol. The summed E-state index contributed by atoms with van der Waals surface area (Å²) in [5, 5.41) is 4.60. The van der Waals surface area contributed by atoms with Crippen molar-refractivity contribution < 1.29 is 18.2 Å². The van der Waals surface area contributed by atoms with E-state index in [4.69, 9.17) is 0 Å². The first-order chi connectivity index (χ1) is 20.1. The molecule has 7 nitrogen and oxygen atoms in total. The van der Waals surface area contributed by atoms with Gasteiger partial charge in [0.05, 0.1) is 16.8 Å². The number of thiazole rings is 1. The van der Waals surface area contributed by atoms with Crippen LogP contribution in [0.1, 0.15) is 62.3 Å². The Kier molecular flexibility index (Phi) is 10.8. The van der Waals surface area contributed by atoms with E-state index in [1.807, 2.05) is 25.2 Å². The molecular formula is C32H39FN4O3S2. The molecule has 2 amide bonds. The number of hydrogen-bond donors (Lipinski definition) is 2. The predicted octanol–water partition coefficient (Wildman–Crippen LogP) is 5.91. The van der Waals surface area contributed by atoms with Crippen LogP contribution in [0.5, 0.6) is 0 Å². The van der Waals surface area contributed by atoms with Gasteiger partial charge in [0.2, 0.25) is 11.8 Å². The van der Waals surface area contributed by atoms with Gasteiger partial charge in [-0.25, -0.2) is 17.9 Å². The SMILES string of the molecule is C/C=C\C=C/C(=C(C)CC)C1C=CC(c2cc3sc(C(C(=O)NCC(=O)NC4CC4)S(=O)N(C)C)nc3cc2F)=CC1. The fourth-order valence-corrected chi connectivity index (χ4v) is 6.95. The van der Waals surface area contributed by atoms with Gasteiger partial charge in [0.15, 0.2) is 5.25 Å². The number of aromatic nitrogens is 1. The highest BCUT2D eigenvalue weighted by Gasteiger charge is 2.33. The van der Waals surface area contributed by atoms with Crippen LogP contribution in [0, 0.1) is 11.7 Å². The van der Waals surface area contributed by atoms with Gasteiger partial charge in [0.25, 0.3) is 0 Å². The average Bonchev–Trinajstić information content (AvgIpc) is 3.70. The van der Waals surface area contributed by atoms with E-state index in [1.165, 1.54) is 32.9 Å². The average molecular weight is 611 g/mol. The predicted molar refractivity (Wildman–Crippen MR) is 170 cm³/mol. The molecule has 2 aliphatic rings. The molecule has 3 atom stereocenters. The molecule has 1 fully saturated rings. The standard InChI is InChI=1S/C32H39FN4O3S2/c1-6-8-9-10-24(20(3)7-2)21-11-13-22(14-12-21)25-17-28-27(18-26(25)33)36-32(41-28)30(42(40)37(4)5)31(39)34-19-29(38)35-23-15-16-23/h6,8-11,13-14,17-18,21,23,30H,7,12,15-16,19H2,1-5H3,(H,34,39)(H,35,38)/b8-6-,10-9-,24-20?. The van der Waals surface area contributed by atoms with Crippen molar-refractivity contribution in [2.24, 2.45) is 5.92 Å². The second-order valence-corrected chi connectivity index (χ2v) is 13.5. The van der Waals surface area contributed by atoms with Gasteiger partial charge in [0.1, 0.15) is 21.8 Å². The Balaban J connectivity index is 1.57. The zero-order valence-corrected chi connectivity index (χ0v) is 26.4. The van der Waals surface area contributed by atoms with Crippen molar-refractivity contribution in [2.45, 2.75) is 57.7 Å². The van der Waals surface area contributed by atoms with Gasteiger partial charge in [0, 0.05) is 23.6 Å². The van der Waals surface area contributed by atoms with Crippen LogP contribution >= 0.6 is 11.3 Å². The lowest BCUT2D eigenvalue weighted by Crippen LogP contribution is -2.41. The molecule has 0 radical (unpaired) electrons. The number of nitrogens with zero attached hydrogens (tertiary/aromatic N) is 2. The molecule has 3 unspecified atom stereocenters. The second kappa shape index (κ2) is 14.3. The molecule has 1 saturated carbocycles. The lowest BCUT2D eigenvalue weighted by Gasteiger charge is -2.20. The molecule has 2 aromatic rings. The largest absolute Gasteiger partial charge is 0.352 e. The van der Waals surface area contributed by atoms with Crippen LogP contribution < -0.4 is 10.6 Å². The van der Waals surface area contributed by atoms with Crippen LogP contribution in [0.25, 0.3) is 15.8 Å². The molecule has 0 saturated heterocycles. The molecule has 42 heavy (non-hydrogen) atoms. The maximum absolute atomic E-state index is 15.4. The number of fused-ring (bicyclic) bond motifs is 1. The third-order valence-corrected chi connectivity index (χ3v) is 10.1. The molecule has 2 aliphatic carbocycles. The molecule has 224 valence electrons. The van der Waals surface area contributed by atoms with E-state index < -0.39 is 28.0 Å². The van der Waals surface area contributed by atoms with Crippen LogP contribution in [-0.2, 0) is 20.6 Å². The minimum Gasteiger partial charge on any atom is -0.352 e. The van der Waals surface area contributed by atoms with E-state index in [1.54, 1.807) is 20.2 Å². The van der Waals surface area contributed by atoms with E-state index in [0.717, 1.165) is 31.3 Å². The number of carbonyl (C=O) groups excluding carboxylic acids is 2. The van der Waals surface area contributed by atoms with Gasteiger partial charge in [-0.3, -0.25) is 9.59 Å². The molecule has 1 aromatic carbocycles. The lowest BCUT2D eigenvalue weighted by molar-refractivity contribution is -0.126. The summed E-state index contributed by atoms with van der Waals surface area (Å²) in [5.74, 6) is -1.04. The number of benzene rings is 1. The molecule has 1 heterocycles. The Morgan fingerprint density at radius 1 is 1.26 bits per heavy atom. The van der Waals surface area contributed by atoms with Crippen molar-refractivity contribution in [3.05, 3.63) is 82.2 Å². The van der Waals surface area contributed by atoms with Gasteiger partial charge in [-0.15, -0.1) is 11.3 Å². The van der Waals surface area contributed by atoms with E-state index in [0.29, 0.717) is 20.8 Å². The number of amides is 2. The van der Waals surface area contributed by atoms with Gasteiger partial charge >= 0.3 is 0 Å². The number of rotatable bonds is 12. The molecule has 0 bridgehead atoms. The highest BCUT2D eigenvalue weighted by Crippen LogP contribution is 2.36. The fraction of sp³-hybridized carbons (Fsp3) is 0.406. The van der Waals surface area contributed by atoms with Gasteiger partial charge in [-0.1, -0.05) is 55.0 Å². The first kappa shape index (κ1) is 31.7. The lowest BCUT2D eigenvalue weighted by atomic mass is 9.85. The zero-order chi connectivity index (χ0) is 30.4. The minimum absolute atomic E-state index is 0.175. The van der Waals surface area contributed by atoms with Crippen LogP contribution in [0.15, 0.2) is 65.8 Å². The second-order valence-electron chi connectivity index (χ2n) is 10.7. The summed E-state index contributed by atoms with van der Waals surface area (Å²) in [6.07, 6.45) is 18.0. The molecule has 1 aromatic heterocycles. The smallest absolute Gasteiger partial charge is 0.244 e. The summed E-state index contributed by atoms with van der Waals surface area (Å²) in [6.45, 7) is 6.08. The van der Waals surface area contributed by atoms with E-state index in [9.17, 15) is 13.8 Å². The molecular weight excluding hydrogens is 572 g/mol. The van der Waals surface area contributed by atoms with Crippen molar-refractivity contribution >= 4 is 49.9 Å². The molecule has 0 aliphatic heterocycles. The van der Waals surface area contributed by atoms with Gasteiger partial charge < -0.3 is 10.6 Å². The van der Waals surface area contributed by atoms with Crippen LogP contribution in [-0.4, -0.2) is 52.0 Å². The Morgan fingerprint density at radius 3 is 2.64 bits per heavy atom. The molecule has 0 spiro atoms. The number of allylic oxidation sites excluding steroid dienone is 10. The summed E-state index contributed by atoms with van der Waals surface area (Å²) in [6, 6.07) is 3.29. The molecule has 2 N–H and O–H groups in total. The number of hydrogen-bond acceptors (Lipinski definition) is 5. The van der Waals surface area contributed by atoms with Gasteiger partial charge in [-0.2, -0.15) is 0 Å². The van der Waals surface area contributed by atoms with Crippen molar-refractivity contribution in [2.75, 3.05) is 20.6 Å². The number of halogens is 1. The normalized spacial score (nSPS) is 19.3. The quantitative estimate of drug-likeness (QED) is 0.292. The highest BCUT2D eigenvalue weighted by molar-refractivity contribution is 7.83. The van der Waals surface area contributed by atoms with Crippen LogP contribution in [0.4, 0.5) is 4.39 Å². The summed E-state index contributed by atoms with van der Waals surface area (Å²) >= 11 is 1.21. The molecule has 4 rings (SSSR count). The fourth-order valence-electron chi connectivity index (χ4n) is 4.67. The van der Waals surface area contributed by atoms with Crippen molar-refractivity contribution in [3.63, 3.8) is 0 Å². The van der Waals surface area contributed by atoms with Crippen molar-refractivity contribution in [1.82, 2.24) is 19.9 Å². The number of carbonyl (C=O) groups is 2. The first-order valence-corrected chi connectivity index (χ1v) is 16.2. The van der Waals surface area contributed by atoms with E-state index >= 15 is 4.39 Å². The van der Waals surface area contributed by atoms with Crippen molar-refractivity contribution in [3.8, 4) is 0 Å².